The van der Waals surface area contributed by atoms with Gasteiger partial charge < -0.3 is 19.7 Å². The van der Waals surface area contributed by atoms with Crippen molar-refractivity contribution in [1.29, 1.82) is 0 Å². The van der Waals surface area contributed by atoms with E-state index < -0.39 is 0 Å². The van der Waals surface area contributed by atoms with Crippen molar-refractivity contribution in [2.45, 2.75) is 27.3 Å². The molecule has 0 unspecified atom stereocenters. The van der Waals surface area contributed by atoms with Crippen molar-refractivity contribution < 1.29 is 14.3 Å². The van der Waals surface area contributed by atoms with Crippen molar-refractivity contribution >= 4 is 5.91 Å². The van der Waals surface area contributed by atoms with Gasteiger partial charge in [0.25, 0.3) is 0 Å². The van der Waals surface area contributed by atoms with Gasteiger partial charge in [0.1, 0.15) is 0 Å². The lowest BCUT2D eigenvalue weighted by Gasteiger charge is -2.18. The highest BCUT2D eigenvalue weighted by Gasteiger charge is 2.09. The molecule has 0 radical (unpaired) electrons. The normalized spacial score (nSPS) is 10.3. The van der Waals surface area contributed by atoms with Crippen LogP contribution in [0.2, 0.25) is 0 Å². The van der Waals surface area contributed by atoms with E-state index in [2.05, 4.69) is 5.32 Å². The molecule has 0 aliphatic rings. The SMILES string of the molecule is CCOc1ccc(CNCC(=O)N(CC)CC)cc1OC. The van der Waals surface area contributed by atoms with Crippen LogP contribution in [0.1, 0.15) is 26.3 Å². The molecule has 1 amide bonds. The molecule has 1 aromatic rings. The number of nitrogens with zero attached hydrogens (tertiary/aromatic N) is 1. The fraction of sp³-hybridized carbons (Fsp3) is 0.562. The minimum absolute atomic E-state index is 0.123. The van der Waals surface area contributed by atoms with E-state index in [0.717, 1.165) is 24.4 Å². The van der Waals surface area contributed by atoms with Crippen molar-refractivity contribution in [1.82, 2.24) is 10.2 Å². The number of methoxy groups -OCH3 is 1. The first-order valence-electron chi connectivity index (χ1n) is 7.44. The van der Waals surface area contributed by atoms with Gasteiger partial charge in [-0.2, -0.15) is 0 Å². The maximum absolute atomic E-state index is 11.9. The molecule has 0 aromatic heterocycles. The van der Waals surface area contributed by atoms with Gasteiger partial charge in [0.15, 0.2) is 11.5 Å². The van der Waals surface area contributed by atoms with Crippen molar-refractivity contribution in [2.24, 2.45) is 0 Å². The number of nitrogens with one attached hydrogen (secondary N) is 1. The van der Waals surface area contributed by atoms with Crippen LogP contribution in [-0.2, 0) is 11.3 Å². The third-order valence-corrected chi connectivity index (χ3v) is 3.25. The molecule has 0 aliphatic heterocycles. The van der Waals surface area contributed by atoms with Crippen molar-refractivity contribution in [3.05, 3.63) is 23.8 Å². The highest BCUT2D eigenvalue weighted by molar-refractivity contribution is 5.78. The first kappa shape index (κ1) is 17.3. The molecule has 21 heavy (non-hydrogen) atoms. The molecule has 0 fully saturated rings. The molecular weight excluding hydrogens is 268 g/mol. The number of carbonyl (C=O) groups excluding carboxylic acids is 1. The molecule has 5 heteroatoms. The van der Waals surface area contributed by atoms with Crippen LogP contribution in [0.5, 0.6) is 11.5 Å². The molecule has 0 spiro atoms. The number of carbonyl (C=O) groups is 1. The van der Waals surface area contributed by atoms with Gasteiger partial charge in [-0.1, -0.05) is 6.07 Å². The molecule has 0 aliphatic carbocycles. The Morgan fingerprint density at radius 2 is 1.90 bits per heavy atom. The summed E-state index contributed by atoms with van der Waals surface area (Å²) >= 11 is 0. The summed E-state index contributed by atoms with van der Waals surface area (Å²) in [5.74, 6) is 1.58. The zero-order chi connectivity index (χ0) is 15.7. The van der Waals surface area contributed by atoms with E-state index in [4.69, 9.17) is 9.47 Å². The number of benzene rings is 1. The van der Waals surface area contributed by atoms with Crippen molar-refractivity contribution in [3.63, 3.8) is 0 Å². The molecule has 0 bridgehead atoms. The van der Waals surface area contributed by atoms with Gasteiger partial charge in [-0.15, -0.1) is 0 Å². The van der Waals surface area contributed by atoms with Crippen molar-refractivity contribution in [3.8, 4) is 11.5 Å². The first-order chi connectivity index (χ1) is 10.2. The predicted octanol–water partition coefficient (Wildman–Crippen LogP) is 2.05. The second kappa shape index (κ2) is 9.23. The Morgan fingerprint density at radius 3 is 2.48 bits per heavy atom. The van der Waals surface area contributed by atoms with Gasteiger partial charge >= 0.3 is 0 Å². The standard InChI is InChI=1S/C16H26N2O3/c1-5-18(6-2)16(19)12-17-11-13-8-9-14(21-7-3)15(10-13)20-4/h8-10,17H,5-7,11-12H2,1-4H3. The van der Waals surface area contributed by atoms with Gasteiger partial charge in [-0.25, -0.2) is 0 Å². The number of amides is 1. The fourth-order valence-electron chi connectivity index (χ4n) is 2.10. The first-order valence-corrected chi connectivity index (χ1v) is 7.44. The lowest BCUT2D eigenvalue weighted by atomic mass is 10.2. The third kappa shape index (κ3) is 5.27. The number of rotatable bonds is 9. The maximum Gasteiger partial charge on any atom is 0.236 e. The topological polar surface area (TPSA) is 50.8 Å². The smallest absolute Gasteiger partial charge is 0.236 e. The predicted molar refractivity (Wildman–Crippen MR) is 83.8 cm³/mol. The molecule has 0 atom stereocenters. The quantitative estimate of drug-likeness (QED) is 0.757. The third-order valence-electron chi connectivity index (χ3n) is 3.25. The van der Waals surface area contributed by atoms with Crippen LogP contribution in [-0.4, -0.2) is 44.2 Å². The van der Waals surface area contributed by atoms with Crippen LogP contribution in [0, 0.1) is 0 Å². The van der Waals surface area contributed by atoms with Crippen LogP contribution in [0.3, 0.4) is 0 Å². The van der Waals surface area contributed by atoms with Gasteiger partial charge in [-0.3, -0.25) is 4.79 Å². The van der Waals surface area contributed by atoms with Crippen LogP contribution in [0.4, 0.5) is 0 Å². The lowest BCUT2D eigenvalue weighted by molar-refractivity contribution is -0.129. The number of likely N-dealkylation sites (N-methyl/N-ethyl adjacent to an activating group) is 1. The van der Waals surface area contributed by atoms with Crippen LogP contribution < -0.4 is 14.8 Å². The summed E-state index contributed by atoms with van der Waals surface area (Å²) in [4.78, 5) is 13.7. The zero-order valence-electron chi connectivity index (χ0n) is 13.4. The average molecular weight is 294 g/mol. The molecule has 5 nitrogen and oxygen atoms in total. The molecule has 1 N–H and O–H groups in total. The molecule has 0 heterocycles. The van der Waals surface area contributed by atoms with Gasteiger partial charge in [0.2, 0.25) is 5.91 Å². The molecule has 0 saturated carbocycles. The summed E-state index contributed by atoms with van der Waals surface area (Å²) in [5.41, 5.74) is 1.06. The summed E-state index contributed by atoms with van der Waals surface area (Å²) < 4.78 is 10.8. The van der Waals surface area contributed by atoms with Gasteiger partial charge in [0, 0.05) is 19.6 Å². The Labute approximate surface area is 127 Å². The Kier molecular flexibility index (Phi) is 7.61. The molecular formula is C16H26N2O3. The Bertz CT molecular complexity index is 445. The van der Waals surface area contributed by atoms with E-state index in [-0.39, 0.29) is 5.91 Å². The number of ether oxygens (including phenoxy) is 2. The second-order valence-electron chi connectivity index (χ2n) is 4.59. The Morgan fingerprint density at radius 1 is 1.19 bits per heavy atom. The van der Waals surface area contributed by atoms with Gasteiger partial charge in [-0.05, 0) is 38.5 Å². The number of hydrogen-bond donors (Lipinski definition) is 1. The number of hydrogen-bond acceptors (Lipinski definition) is 4. The van der Waals surface area contributed by atoms with Crippen LogP contribution in [0.15, 0.2) is 18.2 Å². The molecule has 0 saturated heterocycles. The zero-order valence-corrected chi connectivity index (χ0v) is 13.4. The summed E-state index contributed by atoms with van der Waals surface area (Å²) in [5, 5.41) is 3.17. The summed E-state index contributed by atoms with van der Waals surface area (Å²) in [6, 6.07) is 5.80. The highest BCUT2D eigenvalue weighted by Crippen LogP contribution is 2.27. The van der Waals surface area contributed by atoms with Crippen LogP contribution in [0.25, 0.3) is 0 Å². The van der Waals surface area contributed by atoms with Crippen molar-refractivity contribution in [2.75, 3.05) is 33.4 Å². The minimum Gasteiger partial charge on any atom is -0.493 e. The molecule has 1 aromatic carbocycles. The summed E-state index contributed by atoms with van der Waals surface area (Å²) in [7, 11) is 1.62. The summed E-state index contributed by atoms with van der Waals surface area (Å²) in [6.45, 7) is 8.96. The average Bonchev–Trinajstić information content (AvgIpc) is 2.50. The van der Waals surface area contributed by atoms with Crippen LogP contribution >= 0.6 is 0 Å². The fourth-order valence-corrected chi connectivity index (χ4v) is 2.10. The van der Waals surface area contributed by atoms with E-state index in [1.165, 1.54) is 0 Å². The highest BCUT2D eigenvalue weighted by atomic mass is 16.5. The van der Waals surface area contributed by atoms with E-state index in [1.807, 2.05) is 43.9 Å². The largest absolute Gasteiger partial charge is 0.493 e. The monoisotopic (exact) mass is 294 g/mol. The van der Waals surface area contributed by atoms with E-state index >= 15 is 0 Å². The maximum atomic E-state index is 11.9. The molecule has 1 rings (SSSR count). The van der Waals surface area contributed by atoms with E-state index in [1.54, 1.807) is 7.11 Å². The van der Waals surface area contributed by atoms with E-state index in [9.17, 15) is 4.79 Å². The summed E-state index contributed by atoms with van der Waals surface area (Å²) in [6.07, 6.45) is 0. The second-order valence-corrected chi connectivity index (χ2v) is 4.59. The Hall–Kier alpha value is -1.75. The van der Waals surface area contributed by atoms with E-state index in [0.29, 0.717) is 25.4 Å². The molecule has 118 valence electrons. The lowest BCUT2D eigenvalue weighted by Crippen LogP contribution is -2.37. The minimum atomic E-state index is 0.123. The Balaban J connectivity index is 2.54. The van der Waals surface area contributed by atoms with Gasteiger partial charge in [0.05, 0.1) is 20.3 Å².